The number of carbonyl (C=O) groups excluding carboxylic acids is 1. The maximum atomic E-state index is 16.1. The number of nitrogens with two attached hydrogens (primary N) is 1. The first-order valence-corrected chi connectivity index (χ1v) is 12.0. The summed E-state index contributed by atoms with van der Waals surface area (Å²) in [5, 5.41) is 2.59. The molecule has 2 unspecified atom stereocenters. The van der Waals surface area contributed by atoms with Crippen LogP contribution in [-0.4, -0.2) is 74.1 Å². The molecule has 2 saturated heterocycles. The van der Waals surface area contributed by atoms with Crippen molar-refractivity contribution in [3.63, 3.8) is 0 Å². The molecule has 15 heteroatoms. The SMILES string of the molecule is CCOC(=O)C(C)N[P+]1(O)OC[C@H]2O[C@@H](n3cnc4c(OCC)nc(N)nc43)[C@](C)(F)[C@@H]2O1. The van der Waals surface area contributed by atoms with Gasteiger partial charge in [0.1, 0.15) is 18.8 Å². The highest BCUT2D eigenvalue weighted by Gasteiger charge is 2.66. The predicted molar refractivity (Wildman–Crippen MR) is 114 cm³/mol. The van der Waals surface area contributed by atoms with Crippen molar-refractivity contribution in [1.29, 1.82) is 0 Å². The smallest absolute Gasteiger partial charge is 0.476 e. The van der Waals surface area contributed by atoms with Crippen molar-refractivity contribution in [3.05, 3.63) is 6.33 Å². The Morgan fingerprint density at radius 2 is 2.24 bits per heavy atom. The van der Waals surface area contributed by atoms with Gasteiger partial charge < -0.3 is 19.9 Å². The Bertz CT molecular complexity index is 1040. The summed E-state index contributed by atoms with van der Waals surface area (Å²) in [7, 11) is -3.78. The summed E-state index contributed by atoms with van der Waals surface area (Å²) < 4.78 is 44.9. The van der Waals surface area contributed by atoms with Gasteiger partial charge in [-0.2, -0.15) is 23.9 Å². The minimum atomic E-state index is -3.78. The van der Waals surface area contributed by atoms with Gasteiger partial charge in [0.05, 0.1) is 19.5 Å². The van der Waals surface area contributed by atoms with Crippen LogP contribution in [0.4, 0.5) is 10.3 Å². The van der Waals surface area contributed by atoms with Crippen LogP contribution in [0, 0.1) is 0 Å². The van der Waals surface area contributed by atoms with E-state index in [1.807, 2.05) is 0 Å². The van der Waals surface area contributed by atoms with Gasteiger partial charge in [0.2, 0.25) is 11.8 Å². The molecule has 2 aliphatic rings. The second-order valence-electron chi connectivity index (χ2n) is 7.77. The van der Waals surface area contributed by atoms with Gasteiger partial charge in [-0.25, -0.2) is 9.37 Å². The molecule has 4 N–H and O–H groups in total. The van der Waals surface area contributed by atoms with E-state index in [1.54, 1.807) is 13.8 Å². The molecular formula is C18H27FN6O7P+. The Hall–Kier alpha value is -2.22. The zero-order chi connectivity index (χ0) is 24.0. The molecule has 33 heavy (non-hydrogen) atoms. The number of halogens is 1. The summed E-state index contributed by atoms with van der Waals surface area (Å²) in [4.78, 5) is 35.2. The van der Waals surface area contributed by atoms with Crippen LogP contribution in [0.15, 0.2) is 6.33 Å². The average molecular weight is 489 g/mol. The van der Waals surface area contributed by atoms with Gasteiger partial charge in [0.15, 0.2) is 29.2 Å². The maximum absolute atomic E-state index is 16.1. The van der Waals surface area contributed by atoms with Crippen molar-refractivity contribution >= 4 is 31.2 Å². The van der Waals surface area contributed by atoms with Crippen LogP contribution in [0.3, 0.4) is 0 Å². The number of alkyl halides is 1. The molecular weight excluding hydrogens is 462 g/mol. The van der Waals surface area contributed by atoms with Crippen molar-refractivity contribution in [2.75, 3.05) is 25.6 Å². The van der Waals surface area contributed by atoms with E-state index in [2.05, 4.69) is 20.0 Å². The fourth-order valence-corrected chi connectivity index (χ4v) is 5.61. The van der Waals surface area contributed by atoms with Gasteiger partial charge in [-0.1, -0.05) is 0 Å². The van der Waals surface area contributed by atoms with Crippen LogP contribution in [-0.2, 0) is 23.3 Å². The predicted octanol–water partition coefficient (Wildman–Crippen LogP) is 1.06. The number of anilines is 1. The summed E-state index contributed by atoms with van der Waals surface area (Å²) in [6, 6.07) is -0.932. The first-order chi connectivity index (χ1) is 15.6. The number of aromatic nitrogens is 4. The fourth-order valence-electron chi connectivity index (χ4n) is 3.82. The monoisotopic (exact) mass is 489 g/mol. The quantitative estimate of drug-likeness (QED) is 0.375. The molecule has 0 saturated carbocycles. The minimum Gasteiger partial charge on any atom is -0.476 e. The molecule has 0 spiro atoms. The zero-order valence-corrected chi connectivity index (χ0v) is 19.5. The van der Waals surface area contributed by atoms with Gasteiger partial charge in [-0.05, 0) is 27.7 Å². The number of esters is 1. The number of rotatable bonds is 7. The molecule has 0 radical (unpaired) electrons. The molecule has 0 aromatic carbocycles. The summed E-state index contributed by atoms with van der Waals surface area (Å²) in [6.07, 6.45) is -1.92. The Morgan fingerprint density at radius 1 is 1.48 bits per heavy atom. The van der Waals surface area contributed by atoms with Gasteiger partial charge in [0.25, 0.3) is 0 Å². The van der Waals surface area contributed by atoms with E-state index < -0.39 is 44.2 Å². The van der Waals surface area contributed by atoms with Crippen molar-refractivity contribution in [1.82, 2.24) is 24.6 Å². The molecule has 0 aliphatic carbocycles. The lowest BCUT2D eigenvalue weighted by Crippen LogP contribution is -2.49. The van der Waals surface area contributed by atoms with Crippen molar-refractivity contribution in [3.8, 4) is 5.88 Å². The highest BCUT2D eigenvalue weighted by atomic mass is 31.2. The lowest BCUT2D eigenvalue weighted by molar-refractivity contribution is -0.145. The zero-order valence-electron chi connectivity index (χ0n) is 18.6. The number of fused-ring (bicyclic) bond motifs is 2. The van der Waals surface area contributed by atoms with Crippen molar-refractivity contribution in [2.45, 2.75) is 57.8 Å². The molecule has 2 aliphatic heterocycles. The van der Waals surface area contributed by atoms with E-state index in [1.165, 1.54) is 24.7 Å². The molecule has 4 heterocycles. The standard InChI is InChI=1S/C18H27FN6O7P/c1-5-28-14-11-13(22-17(20)23-14)25(8-21-11)16-18(4,19)12-10(31-16)7-30-33(27,32-12)24-9(3)15(26)29-6-2/h8-10,12,16,24,27H,5-7H2,1-4H3,(H2,20,22,23)/q+1/t9?,10-,12-,16-,18-,33?/m1/s1. The molecule has 4 rings (SSSR count). The van der Waals surface area contributed by atoms with Crippen LogP contribution in [0.2, 0.25) is 0 Å². The van der Waals surface area contributed by atoms with Gasteiger partial charge >= 0.3 is 14.1 Å². The van der Waals surface area contributed by atoms with Crippen LogP contribution < -0.4 is 15.6 Å². The average Bonchev–Trinajstić information content (AvgIpc) is 3.26. The molecule has 2 aromatic heterocycles. The van der Waals surface area contributed by atoms with E-state index in [0.29, 0.717) is 12.1 Å². The maximum Gasteiger partial charge on any atom is 0.500 e. The molecule has 6 atom stereocenters. The second kappa shape index (κ2) is 8.85. The van der Waals surface area contributed by atoms with E-state index >= 15 is 4.39 Å². The molecule has 13 nitrogen and oxygen atoms in total. The lowest BCUT2D eigenvalue weighted by Gasteiger charge is -2.32. The number of nitrogens with one attached hydrogen (secondary N) is 1. The minimum absolute atomic E-state index is 0.0688. The first kappa shape index (κ1) is 23.9. The normalized spacial score (nSPS) is 32.5. The van der Waals surface area contributed by atoms with Gasteiger partial charge in [-0.3, -0.25) is 9.36 Å². The Labute approximate surface area is 189 Å². The van der Waals surface area contributed by atoms with Crippen LogP contribution >= 0.6 is 8.09 Å². The number of imidazole rings is 1. The highest BCUT2D eigenvalue weighted by molar-refractivity contribution is 7.58. The molecule has 0 amide bonds. The second-order valence-corrected chi connectivity index (χ2v) is 9.54. The topological polar surface area (TPSA) is 165 Å². The van der Waals surface area contributed by atoms with E-state index in [-0.39, 0.29) is 30.7 Å². The third-order valence-electron chi connectivity index (χ3n) is 5.29. The van der Waals surface area contributed by atoms with E-state index in [4.69, 9.17) is 29.0 Å². The Morgan fingerprint density at radius 3 is 2.94 bits per heavy atom. The summed E-state index contributed by atoms with van der Waals surface area (Å²) in [6.45, 7) is 6.54. The summed E-state index contributed by atoms with van der Waals surface area (Å²) >= 11 is 0. The van der Waals surface area contributed by atoms with Crippen LogP contribution in [0.1, 0.15) is 33.9 Å². The third-order valence-corrected chi connectivity index (χ3v) is 7.01. The van der Waals surface area contributed by atoms with Gasteiger partial charge in [0, 0.05) is 0 Å². The molecule has 182 valence electrons. The molecule has 2 fully saturated rings. The van der Waals surface area contributed by atoms with Crippen molar-refractivity contribution in [2.24, 2.45) is 0 Å². The third kappa shape index (κ3) is 4.34. The lowest BCUT2D eigenvalue weighted by atomic mass is 9.98. The first-order valence-electron chi connectivity index (χ1n) is 10.5. The Balaban J connectivity index is 1.60. The van der Waals surface area contributed by atoms with Crippen LogP contribution in [0.25, 0.3) is 11.2 Å². The number of hydrogen-bond donors (Lipinski definition) is 3. The largest absolute Gasteiger partial charge is 0.500 e. The number of carbonyl (C=O) groups is 1. The number of ether oxygens (including phenoxy) is 3. The van der Waals surface area contributed by atoms with Gasteiger partial charge in [-0.15, -0.1) is 5.09 Å². The fraction of sp³-hybridized carbons (Fsp3) is 0.667. The summed E-state index contributed by atoms with van der Waals surface area (Å²) in [5.41, 5.74) is 4.17. The Kier molecular flexibility index (Phi) is 6.42. The van der Waals surface area contributed by atoms with E-state index in [9.17, 15) is 9.69 Å². The number of hydrogen-bond acceptors (Lipinski definition) is 12. The number of nitrogens with zero attached hydrogens (tertiary/aromatic N) is 4. The highest BCUT2D eigenvalue weighted by Crippen LogP contribution is 2.62. The number of nitrogen functional groups attached to an aromatic ring is 1. The van der Waals surface area contributed by atoms with Crippen LogP contribution in [0.5, 0.6) is 5.88 Å². The van der Waals surface area contributed by atoms with E-state index in [0.717, 1.165) is 0 Å². The molecule has 0 bridgehead atoms. The molecule has 2 aromatic rings. The van der Waals surface area contributed by atoms with Crippen molar-refractivity contribution < 1.29 is 37.3 Å². The summed E-state index contributed by atoms with van der Waals surface area (Å²) in [5.74, 6) is -0.497.